The Hall–Kier alpha value is -1.23. The van der Waals surface area contributed by atoms with Gasteiger partial charge in [-0.05, 0) is 60.8 Å². The SMILES string of the molecule is Br.COc1cc2c(cc1OC)C(Cc1ccc(Cl)cc1)N(C)CC2. The van der Waals surface area contributed by atoms with Gasteiger partial charge in [-0.25, -0.2) is 0 Å². The zero-order valence-electron chi connectivity index (χ0n) is 14.2. The first kappa shape index (κ1) is 19.1. The molecule has 0 aliphatic carbocycles. The summed E-state index contributed by atoms with van der Waals surface area (Å²) in [4.78, 5) is 2.41. The van der Waals surface area contributed by atoms with Gasteiger partial charge in [0.25, 0.3) is 0 Å². The highest BCUT2D eigenvalue weighted by Crippen LogP contribution is 2.38. The summed E-state index contributed by atoms with van der Waals surface area (Å²) in [6, 6.07) is 12.7. The lowest BCUT2D eigenvalue weighted by molar-refractivity contribution is 0.228. The van der Waals surface area contributed by atoms with Crippen LogP contribution >= 0.6 is 28.6 Å². The van der Waals surface area contributed by atoms with Crippen LogP contribution in [0.15, 0.2) is 36.4 Å². The van der Waals surface area contributed by atoms with Gasteiger partial charge in [0.05, 0.1) is 14.2 Å². The van der Waals surface area contributed by atoms with Gasteiger partial charge < -0.3 is 9.47 Å². The van der Waals surface area contributed by atoms with Crippen LogP contribution in [-0.4, -0.2) is 32.7 Å². The molecule has 0 saturated carbocycles. The predicted molar refractivity (Wildman–Crippen MR) is 104 cm³/mol. The van der Waals surface area contributed by atoms with Crippen molar-refractivity contribution in [3.05, 3.63) is 58.1 Å². The third-order valence-electron chi connectivity index (χ3n) is 4.61. The topological polar surface area (TPSA) is 21.7 Å². The van der Waals surface area contributed by atoms with Crippen LogP contribution in [0.5, 0.6) is 11.5 Å². The number of ether oxygens (including phenoxy) is 2. The number of hydrogen-bond donors (Lipinski definition) is 0. The highest BCUT2D eigenvalue weighted by atomic mass is 79.9. The first-order valence-corrected chi connectivity index (χ1v) is 8.19. The molecule has 0 saturated heterocycles. The summed E-state index contributed by atoms with van der Waals surface area (Å²) in [5.74, 6) is 1.60. The normalized spacial score (nSPS) is 16.9. The lowest BCUT2D eigenvalue weighted by Crippen LogP contribution is -2.33. The van der Waals surface area contributed by atoms with Gasteiger partial charge in [0.15, 0.2) is 11.5 Å². The van der Waals surface area contributed by atoms with Crippen LogP contribution < -0.4 is 9.47 Å². The Balaban J connectivity index is 0.00000208. The lowest BCUT2D eigenvalue weighted by atomic mass is 9.88. The van der Waals surface area contributed by atoms with Gasteiger partial charge in [-0.1, -0.05) is 23.7 Å². The molecule has 0 spiro atoms. The van der Waals surface area contributed by atoms with E-state index in [0.29, 0.717) is 6.04 Å². The minimum absolute atomic E-state index is 0. The zero-order chi connectivity index (χ0) is 16.4. The summed E-state index contributed by atoms with van der Waals surface area (Å²) in [5.41, 5.74) is 3.96. The Morgan fingerprint density at radius 1 is 1.08 bits per heavy atom. The molecule has 3 rings (SSSR count). The summed E-state index contributed by atoms with van der Waals surface area (Å²) in [6.45, 7) is 1.04. The average molecular weight is 413 g/mol. The number of nitrogens with zero attached hydrogens (tertiary/aromatic N) is 1. The predicted octanol–water partition coefficient (Wildman–Crippen LogP) is 4.71. The van der Waals surface area contributed by atoms with Crippen molar-refractivity contribution in [3.8, 4) is 11.5 Å². The summed E-state index contributed by atoms with van der Waals surface area (Å²) in [5, 5.41) is 0.776. The van der Waals surface area contributed by atoms with Crippen molar-refractivity contribution < 1.29 is 9.47 Å². The maximum atomic E-state index is 6.00. The number of methoxy groups -OCH3 is 2. The molecule has 24 heavy (non-hydrogen) atoms. The highest BCUT2D eigenvalue weighted by Gasteiger charge is 2.26. The number of rotatable bonds is 4. The fourth-order valence-corrected chi connectivity index (χ4v) is 3.39. The number of halogens is 2. The minimum Gasteiger partial charge on any atom is -0.493 e. The van der Waals surface area contributed by atoms with Crippen molar-refractivity contribution in [3.63, 3.8) is 0 Å². The van der Waals surface area contributed by atoms with Crippen LogP contribution in [0.1, 0.15) is 22.7 Å². The van der Waals surface area contributed by atoms with Gasteiger partial charge in [-0.15, -0.1) is 17.0 Å². The third-order valence-corrected chi connectivity index (χ3v) is 4.86. The molecule has 1 heterocycles. The summed E-state index contributed by atoms with van der Waals surface area (Å²) in [7, 11) is 5.55. The molecule has 0 bridgehead atoms. The second-order valence-electron chi connectivity index (χ2n) is 5.98. The van der Waals surface area contributed by atoms with Crippen molar-refractivity contribution in [1.29, 1.82) is 0 Å². The molecule has 3 nitrogen and oxygen atoms in total. The standard InChI is InChI=1S/C19H22ClNO2.BrH/c1-21-9-8-14-11-18(22-2)19(23-3)12-16(14)17(21)10-13-4-6-15(20)7-5-13;/h4-7,11-12,17H,8-10H2,1-3H3;1H. The van der Waals surface area contributed by atoms with Crippen molar-refractivity contribution in [2.24, 2.45) is 0 Å². The van der Waals surface area contributed by atoms with Crippen LogP contribution in [0, 0.1) is 0 Å². The van der Waals surface area contributed by atoms with E-state index in [2.05, 4.69) is 36.2 Å². The molecule has 0 fully saturated rings. The van der Waals surface area contributed by atoms with E-state index in [-0.39, 0.29) is 17.0 Å². The third kappa shape index (κ3) is 3.88. The average Bonchev–Trinajstić information content (AvgIpc) is 2.58. The number of likely N-dealkylation sites (N-methyl/N-ethyl adjacent to an activating group) is 1. The second kappa shape index (κ2) is 8.24. The van der Waals surface area contributed by atoms with E-state index < -0.39 is 0 Å². The highest BCUT2D eigenvalue weighted by molar-refractivity contribution is 8.93. The minimum atomic E-state index is 0. The van der Waals surface area contributed by atoms with E-state index in [1.54, 1.807) is 14.2 Å². The van der Waals surface area contributed by atoms with Crippen LogP contribution in [0.3, 0.4) is 0 Å². The van der Waals surface area contributed by atoms with Crippen molar-refractivity contribution in [1.82, 2.24) is 4.90 Å². The molecule has 130 valence electrons. The Bertz CT molecular complexity index is 691. The van der Waals surface area contributed by atoms with E-state index >= 15 is 0 Å². The van der Waals surface area contributed by atoms with Gasteiger partial charge in [0, 0.05) is 17.6 Å². The van der Waals surface area contributed by atoms with Crippen molar-refractivity contribution in [2.75, 3.05) is 27.8 Å². The van der Waals surface area contributed by atoms with E-state index in [9.17, 15) is 0 Å². The molecule has 0 radical (unpaired) electrons. The molecular formula is C19H23BrClNO2. The van der Waals surface area contributed by atoms with E-state index in [4.69, 9.17) is 21.1 Å². The zero-order valence-corrected chi connectivity index (χ0v) is 16.7. The van der Waals surface area contributed by atoms with Crippen molar-refractivity contribution in [2.45, 2.75) is 18.9 Å². The van der Waals surface area contributed by atoms with Gasteiger partial charge in [-0.2, -0.15) is 0 Å². The maximum absolute atomic E-state index is 6.00. The van der Waals surface area contributed by atoms with Crippen LogP contribution in [0.2, 0.25) is 5.02 Å². The van der Waals surface area contributed by atoms with Crippen LogP contribution in [0.4, 0.5) is 0 Å². The molecule has 1 aliphatic heterocycles. The molecule has 1 aliphatic rings. The van der Waals surface area contributed by atoms with E-state index in [0.717, 1.165) is 35.9 Å². The quantitative estimate of drug-likeness (QED) is 0.726. The van der Waals surface area contributed by atoms with E-state index in [1.807, 2.05) is 12.1 Å². The molecule has 0 N–H and O–H groups in total. The summed E-state index contributed by atoms with van der Waals surface area (Å²) in [6.07, 6.45) is 1.99. The molecule has 0 amide bonds. The first-order valence-electron chi connectivity index (χ1n) is 7.82. The van der Waals surface area contributed by atoms with Crippen LogP contribution in [0.25, 0.3) is 0 Å². The van der Waals surface area contributed by atoms with Crippen molar-refractivity contribution >= 4 is 28.6 Å². The molecule has 2 aromatic rings. The fraction of sp³-hybridized carbons (Fsp3) is 0.368. The van der Waals surface area contributed by atoms with Crippen LogP contribution in [-0.2, 0) is 12.8 Å². The number of hydrogen-bond acceptors (Lipinski definition) is 3. The summed E-state index contributed by atoms with van der Waals surface area (Å²) >= 11 is 6.00. The smallest absolute Gasteiger partial charge is 0.161 e. The molecule has 0 aromatic heterocycles. The molecule has 1 unspecified atom stereocenters. The van der Waals surface area contributed by atoms with Gasteiger partial charge in [0.2, 0.25) is 0 Å². The molecule has 5 heteroatoms. The Labute approximate surface area is 159 Å². The second-order valence-corrected chi connectivity index (χ2v) is 6.42. The molecule has 2 aromatic carbocycles. The number of fused-ring (bicyclic) bond motifs is 1. The number of benzene rings is 2. The first-order chi connectivity index (χ1) is 11.1. The molecule has 1 atom stereocenters. The van der Waals surface area contributed by atoms with Gasteiger partial charge in [-0.3, -0.25) is 4.90 Å². The monoisotopic (exact) mass is 411 g/mol. The largest absolute Gasteiger partial charge is 0.493 e. The molecular weight excluding hydrogens is 390 g/mol. The maximum Gasteiger partial charge on any atom is 0.161 e. The van der Waals surface area contributed by atoms with Gasteiger partial charge >= 0.3 is 0 Å². The lowest BCUT2D eigenvalue weighted by Gasteiger charge is -2.35. The Morgan fingerprint density at radius 2 is 1.71 bits per heavy atom. The van der Waals surface area contributed by atoms with Gasteiger partial charge in [0.1, 0.15) is 0 Å². The Kier molecular flexibility index (Phi) is 6.55. The Morgan fingerprint density at radius 3 is 2.33 bits per heavy atom. The van der Waals surface area contributed by atoms with E-state index in [1.165, 1.54) is 16.7 Å². The fourth-order valence-electron chi connectivity index (χ4n) is 3.26. The summed E-state index contributed by atoms with van der Waals surface area (Å²) < 4.78 is 10.9.